The van der Waals surface area contributed by atoms with Crippen LogP contribution in [0.4, 0.5) is 0 Å². The Morgan fingerprint density at radius 2 is 1.96 bits per heavy atom. The first-order valence-electron chi connectivity index (χ1n) is 9.90. The van der Waals surface area contributed by atoms with Gasteiger partial charge in [-0.25, -0.2) is 0 Å². The predicted molar refractivity (Wildman–Crippen MR) is 96.2 cm³/mol. The first kappa shape index (κ1) is 19.2. The zero-order chi connectivity index (χ0) is 18.8. The number of hydrogen-bond donors (Lipinski definition) is 2. The highest BCUT2D eigenvalue weighted by molar-refractivity contribution is 5.87. The van der Waals surface area contributed by atoms with E-state index in [2.05, 4.69) is 17.6 Å². The fourth-order valence-corrected chi connectivity index (χ4v) is 5.08. The molecule has 8 heteroatoms. The molecule has 3 rings (SSSR count). The number of rotatable bonds is 5. The number of nitrogens with one attached hydrogen (secondary N) is 2. The van der Waals surface area contributed by atoms with Crippen LogP contribution in [0.2, 0.25) is 0 Å². The van der Waals surface area contributed by atoms with Gasteiger partial charge in [0.15, 0.2) is 0 Å². The van der Waals surface area contributed by atoms with Crippen molar-refractivity contribution in [1.29, 1.82) is 0 Å². The minimum absolute atomic E-state index is 0.00915. The molecule has 1 amide bonds. The maximum atomic E-state index is 12.8. The van der Waals surface area contributed by atoms with Crippen molar-refractivity contribution in [2.45, 2.75) is 57.7 Å². The highest BCUT2D eigenvalue weighted by Crippen LogP contribution is 2.38. The van der Waals surface area contributed by atoms with Crippen LogP contribution in [0.3, 0.4) is 0 Å². The Kier molecular flexibility index (Phi) is 5.92. The van der Waals surface area contributed by atoms with E-state index in [-0.39, 0.29) is 42.2 Å². The van der Waals surface area contributed by atoms with Crippen LogP contribution in [-0.2, 0) is 9.59 Å². The van der Waals surface area contributed by atoms with Crippen LogP contribution in [0.5, 0.6) is 0 Å². The van der Waals surface area contributed by atoms with Crippen molar-refractivity contribution in [3.63, 3.8) is 0 Å². The van der Waals surface area contributed by atoms with E-state index in [9.17, 15) is 19.7 Å². The molecule has 2 heterocycles. The largest absolute Gasteiger partial charge is 0.343 e. The van der Waals surface area contributed by atoms with Gasteiger partial charge in [-0.1, -0.05) is 6.92 Å². The molecular formula is C18H30N4O4. The van der Waals surface area contributed by atoms with Gasteiger partial charge in [0, 0.05) is 42.6 Å². The average Bonchev–Trinajstić information content (AvgIpc) is 2.64. The van der Waals surface area contributed by atoms with Crippen LogP contribution >= 0.6 is 0 Å². The first-order chi connectivity index (χ1) is 12.5. The Bertz CT molecular complexity index is 569. The minimum atomic E-state index is -1.11. The number of fused-ring (bicyclic) bond motifs is 3. The van der Waals surface area contributed by atoms with Crippen molar-refractivity contribution in [1.82, 2.24) is 15.5 Å². The monoisotopic (exact) mass is 366 g/mol. The summed E-state index contributed by atoms with van der Waals surface area (Å²) in [5.41, 5.74) is 0. The van der Waals surface area contributed by atoms with Crippen LogP contribution in [0.1, 0.15) is 39.5 Å². The van der Waals surface area contributed by atoms with E-state index in [1.807, 2.05) is 11.8 Å². The first-order valence-corrected chi connectivity index (χ1v) is 9.90. The van der Waals surface area contributed by atoms with Crippen LogP contribution < -0.4 is 10.6 Å². The third-order valence-corrected chi connectivity index (χ3v) is 6.40. The summed E-state index contributed by atoms with van der Waals surface area (Å²) in [5, 5.41) is 17.8. The predicted octanol–water partition coefficient (Wildman–Crippen LogP) is 0.435. The Labute approximate surface area is 154 Å². The fraction of sp³-hybridized carbons (Fsp3) is 0.889. The van der Waals surface area contributed by atoms with E-state index in [4.69, 9.17) is 0 Å². The molecule has 26 heavy (non-hydrogen) atoms. The van der Waals surface area contributed by atoms with E-state index in [1.165, 1.54) is 0 Å². The summed E-state index contributed by atoms with van der Waals surface area (Å²) in [4.78, 5) is 37.8. The molecule has 8 nitrogen and oxygen atoms in total. The number of piperidine rings is 2. The van der Waals surface area contributed by atoms with Gasteiger partial charge in [0.2, 0.25) is 11.7 Å². The third kappa shape index (κ3) is 3.49. The molecule has 0 spiro atoms. The molecule has 2 saturated heterocycles. The van der Waals surface area contributed by atoms with Gasteiger partial charge < -0.3 is 15.5 Å². The Morgan fingerprint density at radius 1 is 1.23 bits per heavy atom. The number of nitro groups is 1. The molecule has 3 fully saturated rings. The molecule has 2 N–H and O–H groups in total. The lowest BCUT2D eigenvalue weighted by Crippen LogP contribution is -2.68. The molecule has 6 atom stereocenters. The molecule has 146 valence electrons. The molecule has 0 radical (unpaired) electrons. The van der Waals surface area contributed by atoms with Crippen molar-refractivity contribution in [3.8, 4) is 0 Å². The molecule has 1 aliphatic carbocycles. The van der Waals surface area contributed by atoms with E-state index in [0.29, 0.717) is 18.9 Å². The van der Waals surface area contributed by atoms with Gasteiger partial charge in [-0.15, -0.1) is 0 Å². The Hall–Kier alpha value is -1.54. The summed E-state index contributed by atoms with van der Waals surface area (Å²) < 4.78 is 0. The van der Waals surface area contributed by atoms with Gasteiger partial charge in [0.05, 0.1) is 12.5 Å². The number of amides is 1. The lowest BCUT2D eigenvalue weighted by Gasteiger charge is -2.49. The second-order valence-corrected chi connectivity index (χ2v) is 7.87. The standard InChI is InChI=1S/C18H30N4O4/c1-3-7-21(4-2)18(24)12-8-11-5-6-13-16(15(11)19-9-12)20-10-14(17(13)23)22(25)26/h11-16,19-20H,3-10H2,1-2H3. The fourth-order valence-electron chi connectivity index (χ4n) is 5.08. The molecule has 0 aromatic heterocycles. The second-order valence-electron chi connectivity index (χ2n) is 7.87. The topological polar surface area (TPSA) is 105 Å². The molecule has 0 bridgehead atoms. The van der Waals surface area contributed by atoms with Gasteiger partial charge in [0.25, 0.3) is 6.04 Å². The van der Waals surface area contributed by atoms with E-state index >= 15 is 0 Å². The van der Waals surface area contributed by atoms with Gasteiger partial charge in [-0.05, 0) is 38.5 Å². The summed E-state index contributed by atoms with van der Waals surface area (Å²) in [6, 6.07) is -1.04. The van der Waals surface area contributed by atoms with E-state index in [1.54, 1.807) is 0 Å². The van der Waals surface area contributed by atoms with E-state index in [0.717, 1.165) is 32.4 Å². The molecule has 0 aromatic carbocycles. The molecule has 3 aliphatic rings. The molecule has 1 saturated carbocycles. The van der Waals surface area contributed by atoms with Crippen LogP contribution in [0.15, 0.2) is 0 Å². The van der Waals surface area contributed by atoms with Crippen molar-refractivity contribution in [2.24, 2.45) is 17.8 Å². The Morgan fingerprint density at radius 3 is 2.62 bits per heavy atom. The number of Topliss-reactive ketones (excluding diaryl/α,β-unsaturated/α-hetero) is 1. The highest BCUT2D eigenvalue weighted by atomic mass is 16.6. The SMILES string of the molecule is CCCN(CC)C(=O)C1CNC2C(CCC3C(=O)C([N+](=O)[O-])CNC32)C1. The lowest BCUT2D eigenvalue weighted by atomic mass is 9.66. The Balaban J connectivity index is 1.65. The van der Waals surface area contributed by atoms with Crippen molar-refractivity contribution < 1.29 is 14.5 Å². The zero-order valence-corrected chi connectivity index (χ0v) is 15.6. The molecular weight excluding hydrogens is 336 g/mol. The number of carbonyl (C=O) groups is 2. The van der Waals surface area contributed by atoms with Crippen molar-refractivity contribution in [2.75, 3.05) is 26.2 Å². The summed E-state index contributed by atoms with van der Waals surface area (Å²) in [6.45, 7) is 6.36. The highest BCUT2D eigenvalue weighted by Gasteiger charge is 2.52. The quantitative estimate of drug-likeness (QED) is 0.540. The third-order valence-electron chi connectivity index (χ3n) is 6.40. The normalized spacial score (nSPS) is 36.8. The number of nitrogens with zero attached hydrogens (tertiary/aromatic N) is 2. The number of ketones is 1. The van der Waals surface area contributed by atoms with Crippen molar-refractivity contribution >= 4 is 11.7 Å². The smallest absolute Gasteiger partial charge is 0.282 e. The van der Waals surface area contributed by atoms with Gasteiger partial charge in [-0.2, -0.15) is 0 Å². The average molecular weight is 366 g/mol. The van der Waals surface area contributed by atoms with Gasteiger partial charge >= 0.3 is 0 Å². The molecule has 2 aliphatic heterocycles. The van der Waals surface area contributed by atoms with E-state index < -0.39 is 11.0 Å². The zero-order valence-electron chi connectivity index (χ0n) is 15.6. The molecule has 6 unspecified atom stereocenters. The maximum Gasteiger partial charge on any atom is 0.282 e. The maximum absolute atomic E-state index is 12.8. The van der Waals surface area contributed by atoms with Crippen LogP contribution in [0, 0.1) is 27.9 Å². The number of carbonyl (C=O) groups excluding carboxylic acids is 2. The van der Waals surface area contributed by atoms with Crippen LogP contribution in [-0.4, -0.2) is 65.8 Å². The summed E-state index contributed by atoms with van der Waals surface area (Å²) in [6.07, 6.45) is 3.32. The summed E-state index contributed by atoms with van der Waals surface area (Å²) in [5.74, 6) is 0.0464. The number of hydrogen-bond acceptors (Lipinski definition) is 6. The van der Waals surface area contributed by atoms with Crippen molar-refractivity contribution in [3.05, 3.63) is 10.1 Å². The minimum Gasteiger partial charge on any atom is -0.343 e. The lowest BCUT2D eigenvalue weighted by molar-refractivity contribution is -0.507. The second kappa shape index (κ2) is 8.00. The van der Waals surface area contributed by atoms with Gasteiger partial charge in [0.1, 0.15) is 0 Å². The molecule has 0 aromatic rings. The summed E-state index contributed by atoms with van der Waals surface area (Å²) >= 11 is 0. The van der Waals surface area contributed by atoms with Crippen LogP contribution in [0.25, 0.3) is 0 Å². The summed E-state index contributed by atoms with van der Waals surface area (Å²) in [7, 11) is 0. The van der Waals surface area contributed by atoms with Gasteiger partial charge in [-0.3, -0.25) is 19.7 Å².